The lowest BCUT2D eigenvalue weighted by Crippen LogP contribution is -2.11. The topological polar surface area (TPSA) is 106 Å². The quantitative estimate of drug-likeness (QED) is 0.420. The summed E-state index contributed by atoms with van der Waals surface area (Å²) in [6.07, 6.45) is 0. The van der Waals surface area contributed by atoms with Gasteiger partial charge >= 0.3 is 7.69 Å². The van der Waals surface area contributed by atoms with Crippen LogP contribution in [0.25, 0.3) is 22.1 Å². The van der Waals surface area contributed by atoms with Gasteiger partial charge in [-0.25, -0.2) is 9.97 Å². The van der Waals surface area contributed by atoms with Crippen molar-refractivity contribution in [3.05, 3.63) is 36.4 Å². The molecule has 2 aromatic carbocycles. The number of benzene rings is 2. The third-order valence-electron chi connectivity index (χ3n) is 4.96. The smallest absolute Gasteiger partial charge is 0.526 e. The van der Waals surface area contributed by atoms with E-state index in [1.165, 1.54) is 7.69 Å². The molecule has 4 aromatic rings. The van der Waals surface area contributed by atoms with Crippen molar-refractivity contribution in [2.45, 2.75) is 40.8 Å². The van der Waals surface area contributed by atoms with Crippen LogP contribution in [0, 0.1) is 11.8 Å². The van der Waals surface area contributed by atoms with Gasteiger partial charge in [-0.1, -0.05) is 27.7 Å². The molecule has 0 amide bonds. The second kappa shape index (κ2) is 8.41. The molecule has 1 radical (unpaired) electrons. The molecule has 0 atom stereocenters. The maximum absolute atomic E-state index is 6.08. The van der Waals surface area contributed by atoms with Crippen LogP contribution in [0.1, 0.15) is 27.7 Å². The van der Waals surface area contributed by atoms with Gasteiger partial charge in [-0.15, -0.1) is 0 Å². The van der Waals surface area contributed by atoms with Gasteiger partial charge in [-0.2, -0.15) is 0 Å². The molecule has 2 aromatic heterocycles. The number of fused-ring (bicyclic) bond motifs is 2. The number of hydrogen-bond donors (Lipinski definition) is 2. The highest BCUT2D eigenvalue weighted by molar-refractivity contribution is 6.20. The SMILES string of the molecule is CC(C)Cn1c(N)nc2ccc(O[B]Oc3ccc4nc(N)n(CC(C)C)c4c3)cc21. The second-order valence-corrected chi connectivity index (χ2v) is 8.58. The average Bonchev–Trinajstić information content (AvgIpc) is 3.17. The second-order valence-electron chi connectivity index (χ2n) is 8.58. The third kappa shape index (κ3) is 4.40. The molecule has 0 spiro atoms. The summed E-state index contributed by atoms with van der Waals surface area (Å²) in [6.45, 7) is 10.2. The number of rotatable bonds is 8. The van der Waals surface area contributed by atoms with E-state index >= 15 is 0 Å². The molecule has 0 aliphatic heterocycles. The molecular weight excluding hydrogens is 391 g/mol. The van der Waals surface area contributed by atoms with E-state index in [9.17, 15) is 0 Å². The molecule has 9 heteroatoms. The number of nitrogen functional groups attached to an aromatic ring is 2. The molecule has 0 aliphatic rings. The minimum absolute atomic E-state index is 0.451. The van der Waals surface area contributed by atoms with Crippen molar-refractivity contribution in [2.24, 2.45) is 11.8 Å². The zero-order valence-corrected chi connectivity index (χ0v) is 18.4. The fourth-order valence-corrected chi connectivity index (χ4v) is 3.64. The zero-order chi connectivity index (χ0) is 22.1. The first-order valence-corrected chi connectivity index (χ1v) is 10.5. The van der Waals surface area contributed by atoms with E-state index in [0.29, 0.717) is 35.2 Å². The monoisotopic (exact) mass is 419 g/mol. The van der Waals surface area contributed by atoms with E-state index in [2.05, 4.69) is 37.7 Å². The molecule has 0 unspecified atom stereocenters. The van der Waals surface area contributed by atoms with Crippen molar-refractivity contribution in [3.8, 4) is 11.5 Å². The lowest BCUT2D eigenvalue weighted by atomic mass is 10.2. The van der Waals surface area contributed by atoms with Crippen LogP contribution in [0.4, 0.5) is 11.9 Å². The predicted octanol–water partition coefficient (Wildman–Crippen LogP) is 3.85. The number of imidazole rings is 2. The maximum Gasteiger partial charge on any atom is 0.658 e. The van der Waals surface area contributed by atoms with Gasteiger partial charge in [0.2, 0.25) is 11.9 Å². The van der Waals surface area contributed by atoms with Crippen molar-refractivity contribution >= 4 is 41.6 Å². The van der Waals surface area contributed by atoms with Crippen LogP contribution in [-0.2, 0) is 13.1 Å². The molecule has 8 nitrogen and oxygen atoms in total. The normalized spacial score (nSPS) is 11.7. The van der Waals surface area contributed by atoms with E-state index < -0.39 is 0 Å². The van der Waals surface area contributed by atoms with E-state index in [1.807, 2.05) is 45.5 Å². The van der Waals surface area contributed by atoms with Gasteiger partial charge in [-0.05, 0) is 36.1 Å². The Balaban J connectivity index is 1.48. The minimum atomic E-state index is 0.451. The minimum Gasteiger partial charge on any atom is -0.526 e. The van der Waals surface area contributed by atoms with Crippen LogP contribution in [0.2, 0.25) is 0 Å². The van der Waals surface area contributed by atoms with Gasteiger partial charge in [-0.3, -0.25) is 0 Å². The lowest BCUT2D eigenvalue weighted by Gasteiger charge is -2.11. The largest absolute Gasteiger partial charge is 0.658 e. The van der Waals surface area contributed by atoms with Gasteiger partial charge in [0.05, 0.1) is 22.1 Å². The highest BCUT2D eigenvalue weighted by Gasteiger charge is 2.13. The molecular formula is C22H28BN6O2. The summed E-state index contributed by atoms with van der Waals surface area (Å²) in [5.41, 5.74) is 15.7. The van der Waals surface area contributed by atoms with Crippen molar-refractivity contribution in [1.82, 2.24) is 19.1 Å². The van der Waals surface area contributed by atoms with Gasteiger partial charge in [0, 0.05) is 25.2 Å². The van der Waals surface area contributed by atoms with E-state index in [4.69, 9.17) is 20.8 Å². The Labute approximate surface area is 182 Å². The Bertz CT molecular complexity index is 1120. The Morgan fingerprint density at radius 2 is 1.19 bits per heavy atom. The molecule has 0 aliphatic carbocycles. The molecule has 0 saturated carbocycles. The fourth-order valence-electron chi connectivity index (χ4n) is 3.64. The maximum atomic E-state index is 6.08. The first-order chi connectivity index (χ1) is 14.8. The first-order valence-electron chi connectivity index (χ1n) is 10.5. The number of aromatic nitrogens is 4. The molecule has 2 heterocycles. The van der Waals surface area contributed by atoms with E-state index in [0.717, 1.165) is 35.2 Å². The number of anilines is 2. The molecule has 4 N–H and O–H groups in total. The molecule has 0 saturated heterocycles. The van der Waals surface area contributed by atoms with Crippen molar-refractivity contribution in [2.75, 3.05) is 11.5 Å². The summed E-state index contributed by atoms with van der Waals surface area (Å²) in [5, 5.41) is 0. The summed E-state index contributed by atoms with van der Waals surface area (Å²) in [6, 6.07) is 11.3. The highest BCUT2D eigenvalue weighted by atomic mass is 16.6. The fraction of sp³-hybridized carbons (Fsp3) is 0.364. The summed E-state index contributed by atoms with van der Waals surface area (Å²) in [5.74, 6) is 3.21. The summed E-state index contributed by atoms with van der Waals surface area (Å²) < 4.78 is 15.4. The Kier molecular flexibility index (Phi) is 5.67. The third-order valence-corrected chi connectivity index (χ3v) is 4.96. The van der Waals surface area contributed by atoms with Gasteiger partial charge in [0.25, 0.3) is 0 Å². The van der Waals surface area contributed by atoms with Crippen molar-refractivity contribution in [3.63, 3.8) is 0 Å². The average molecular weight is 419 g/mol. The van der Waals surface area contributed by atoms with Crippen LogP contribution in [0.5, 0.6) is 11.5 Å². The van der Waals surface area contributed by atoms with Crippen LogP contribution >= 0.6 is 0 Å². The molecule has 0 fully saturated rings. The Hall–Kier alpha value is -3.36. The molecule has 31 heavy (non-hydrogen) atoms. The summed E-state index contributed by atoms with van der Waals surface area (Å²) >= 11 is 0. The number of nitrogens with zero attached hydrogens (tertiary/aromatic N) is 4. The van der Waals surface area contributed by atoms with Crippen LogP contribution in [-0.4, -0.2) is 26.8 Å². The van der Waals surface area contributed by atoms with Crippen LogP contribution < -0.4 is 20.8 Å². The standard InChI is InChI=1S/C22H28BN6O2/c1-13(2)11-28-19-9-15(5-7-17(19)26-21(28)24)30-23-31-16-6-8-18-20(10-16)29(12-14(3)4)22(25)27-18/h5-10,13-14H,11-12H2,1-4H3,(H2,24,26)(H2,25,27). The summed E-state index contributed by atoms with van der Waals surface area (Å²) in [4.78, 5) is 8.84. The Morgan fingerprint density at radius 1 is 0.774 bits per heavy atom. The summed E-state index contributed by atoms with van der Waals surface area (Å²) in [7, 11) is 1.32. The predicted molar refractivity (Wildman–Crippen MR) is 125 cm³/mol. The Morgan fingerprint density at radius 3 is 1.58 bits per heavy atom. The van der Waals surface area contributed by atoms with E-state index in [1.54, 1.807) is 0 Å². The van der Waals surface area contributed by atoms with Crippen LogP contribution in [0.15, 0.2) is 36.4 Å². The first kappa shape index (κ1) is 20.9. The van der Waals surface area contributed by atoms with Gasteiger partial charge < -0.3 is 29.9 Å². The molecule has 161 valence electrons. The highest BCUT2D eigenvalue weighted by Crippen LogP contribution is 2.26. The molecule has 4 rings (SSSR count). The van der Waals surface area contributed by atoms with Gasteiger partial charge in [0.1, 0.15) is 11.5 Å². The van der Waals surface area contributed by atoms with Crippen molar-refractivity contribution in [1.29, 1.82) is 0 Å². The number of nitrogens with two attached hydrogens (primary N) is 2. The molecule has 0 bridgehead atoms. The number of hydrogen-bond acceptors (Lipinski definition) is 6. The zero-order valence-electron chi connectivity index (χ0n) is 18.4. The van der Waals surface area contributed by atoms with Crippen LogP contribution in [0.3, 0.4) is 0 Å². The van der Waals surface area contributed by atoms with Gasteiger partial charge in [0.15, 0.2) is 0 Å². The van der Waals surface area contributed by atoms with Crippen molar-refractivity contribution < 1.29 is 9.31 Å². The lowest BCUT2D eigenvalue weighted by molar-refractivity contribution is 0.459. The van der Waals surface area contributed by atoms with E-state index in [-0.39, 0.29) is 0 Å².